The number of hydrogen-bond acceptors (Lipinski definition) is 5. The van der Waals surface area contributed by atoms with Gasteiger partial charge in [0.1, 0.15) is 0 Å². The smallest absolute Gasteiger partial charge is 0.318 e. The maximum atomic E-state index is 10.4. The van der Waals surface area contributed by atoms with Crippen LogP contribution in [-0.2, 0) is 11.2 Å². The summed E-state index contributed by atoms with van der Waals surface area (Å²) in [6.45, 7) is 1.89. The number of hydrogen-bond donors (Lipinski definition) is 1. The third kappa shape index (κ3) is 2.71. The number of rotatable bonds is 4. The first-order valence-electron chi connectivity index (χ1n) is 5.55. The first-order chi connectivity index (χ1) is 7.75. The van der Waals surface area contributed by atoms with Crippen molar-refractivity contribution in [2.24, 2.45) is 0 Å². The molecule has 1 aromatic rings. The van der Waals surface area contributed by atoms with Crippen molar-refractivity contribution in [3.63, 3.8) is 0 Å². The minimum atomic E-state index is -0.849. The Bertz CT molecular complexity index is 358. The van der Waals surface area contributed by atoms with Gasteiger partial charge >= 0.3 is 12.0 Å². The molecule has 0 aliphatic carbocycles. The number of aliphatic carboxylic acids is 1. The van der Waals surface area contributed by atoms with Gasteiger partial charge in [0.15, 0.2) is 0 Å². The van der Waals surface area contributed by atoms with Gasteiger partial charge in [-0.15, -0.1) is 5.10 Å². The number of anilines is 1. The van der Waals surface area contributed by atoms with Gasteiger partial charge < -0.3 is 14.4 Å². The molecule has 1 aromatic heterocycles. The van der Waals surface area contributed by atoms with Crippen molar-refractivity contribution in [1.29, 1.82) is 0 Å². The molecule has 0 bridgehead atoms. The first-order valence-corrected chi connectivity index (χ1v) is 5.55. The average Bonchev–Trinajstić information content (AvgIpc) is 2.76. The molecule has 6 heteroatoms. The Morgan fingerprint density at radius 2 is 2.06 bits per heavy atom. The molecule has 0 amide bonds. The summed E-state index contributed by atoms with van der Waals surface area (Å²) in [6.07, 6.45) is 3.87. The number of aryl methyl sites for hydroxylation is 1. The summed E-state index contributed by atoms with van der Waals surface area (Å²) in [5.74, 6) is -0.444. The molecule has 6 nitrogen and oxygen atoms in total. The molecule has 0 saturated carbocycles. The third-order valence-electron chi connectivity index (χ3n) is 2.64. The first kappa shape index (κ1) is 10.9. The molecular formula is C10H15N3O3. The summed E-state index contributed by atoms with van der Waals surface area (Å²) in [7, 11) is 0. The second-order valence-electron chi connectivity index (χ2n) is 3.92. The van der Waals surface area contributed by atoms with Crippen LogP contribution in [0.4, 0.5) is 6.01 Å². The zero-order valence-electron chi connectivity index (χ0n) is 9.06. The molecule has 2 rings (SSSR count). The zero-order chi connectivity index (χ0) is 11.4. The van der Waals surface area contributed by atoms with Gasteiger partial charge in [-0.25, -0.2) is 0 Å². The van der Waals surface area contributed by atoms with Gasteiger partial charge in [0.2, 0.25) is 5.89 Å². The van der Waals surface area contributed by atoms with Crippen molar-refractivity contribution in [1.82, 2.24) is 10.2 Å². The summed E-state index contributed by atoms with van der Waals surface area (Å²) >= 11 is 0. The standard InChI is InChI=1S/C10H15N3O3/c14-9(15)5-4-8-11-12-10(16-8)13-6-2-1-3-7-13/h1-7H2,(H,14,15). The van der Waals surface area contributed by atoms with Crippen molar-refractivity contribution in [2.75, 3.05) is 18.0 Å². The van der Waals surface area contributed by atoms with E-state index in [1.165, 1.54) is 6.42 Å². The molecular weight excluding hydrogens is 210 g/mol. The van der Waals surface area contributed by atoms with Gasteiger partial charge in [-0.3, -0.25) is 4.79 Å². The van der Waals surface area contributed by atoms with Gasteiger partial charge in [-0.2, -0.15) is 0 Å². The van der Waals surface area contributed by atoms with E-state index < -0.39 is 5.97 Å². The number of nitrogens with zero attached hydrogens (tertiary/aromatic N) is 3. The molecule has 0 radical (unpaired) electrons. The van der Waals surface area contributed by atoms with Crippen molar-refractivity contribution >= 4 is 12.0 Å². The summed E-state index contributed by atoms with van der Waals surface area (Å²) in [5, 5.41) is 16.3. The molecule has 88 valence electrons. The van der Waals surface area contributed by atoms with E-state index in [0.29, 0.717) is 18.3 Å². The Kier molecular flexibility index (Phi) is 3.38. The SMILES string of the molecule is O=C(O)CCc1nnc(N2CCCCC2)o1. The minimum Gasteiger partial charge on any atom is -0.481 e. The van der Waals surface area contributed by atoms with E-state index in [0.717, 1.165) is 25.9 Å². The fourth-order valence-corrected chi connectivity index (χ4v) is 1.77. The van der Waals surface area contributed by atoms with Crippen LogP contribution in [0.2, 0.25) is 0 Å². The summed E-state index contributed by atoms with van der Waals surface area (Å²) in [5.41, 5.74) is 0. The van der Waals surface area contributed by atoms with Gasteiger partial charge in [-0.1, -0.05) is 5.10 Å². The molecule has 1 aliphatic heterocycles. The van der Waals surface area contributed by atoms with Crippen LogP contribution in [-0.4, -0.2) is 34.4 Å². The molecule has 0 aromatic carbocycles. The highest BCUT2D eigenvalue weighted by molar-refractivity contribution is 5.66. The van der Waals surface area contributed by atoms with E-state index in [4.69, 9.17) is 9.52 Å². The Morgan fingerprint density at radius 1 is 1.31 bits per heavy atom. The van der Waals surface area contributed by atoms with Gasteiger partial charge in [0.05, 0.1) is 6.42 Å². The highest BCUT2D eigenvalue weighted by Gasteiger charge is 2.17. The fraction of sp³-hybridized carbons (Fsp3) is 0.700. The minimum absolute atomic E-state index is 0.0294. The molecule has 1 aliphatic rings. The molecule has 1 N–H and O–H groups in total. The number of carboxylic acid groups (broad SMARTS) is 1. The van der Waals surface area contributed by atoms with E-state index >= 15 is 0 Å². The number of carboxylic acids is 1. The normalized spacial score (nSPS) is 16.4. The van der Waals surface area contributed by atoms with E-state index in [1.807, 2.05) is 0 Å². The van der Waals surface area contributed by atoms with Crippen LogP contribution in [0.5, 0.6) is 0 Å². The topological polar surface area (TPSA) is 79.5 Å². The number of piperidine rings is 1. The van der Waals surface area contributed by atoms with Gasteiger partial charge in [0.25, 0.3) is 0 Å². The predicted molar refractivity (Wildman–Crippen MR) is 56.3 cm³/mol. The van der Waals surface area contributed by atoms with Crippen LogP contribution in [0.1, 0.15) is 31.6 Å². The highest BCUT2D eigenvalue weighted by atomic mass is 16.4. The highest BCUT2D eigenvalue weighted by Crippen LogP contribution is 2.18. The lowest BCUT2D eigenvalue weighted by molar-refractivity contribution is -0.137. The molecule has 1 fully saturated rings. The van der Waals surface area contributed by atoms with Crippen LogP contribution in [0.3, 0.4) is 0 Å². The zero-order valence-corrected chi connectivity index (χ0v) is 9.06. The average molecular weight is 225 g/mol. The van der Waals surface area contributed by atoms with E-state index in [-0.39, 0.29) is 6.42 Å². The third-order valence-corrected chi connectivity index (χ3v) is 2.64. The molecule has 1 saturated heterocycles. The van der Waals surface area contributed by atoms with E-state index in [2.05, 4.69) is 15.1 Å². The van der Waals surface area contributed by atoms with Crippen molar-refractivity contribution < 1.29 is 14.3 Å². The monoisotopic (exact) mass is 225 g/mol. The molecule has 0 atom stereocenters. The lowest BCUT2D eigenvalue weighted by Crippen LogP contribution is -2.29. The summed E-state index contributed by atoms with van der Waals surface area (Å²) in [6, 6.07) is 0.528. The fourth-order valence-electron chi connectivity index (χ4n) is 1.77. The second-order valence-corrected chi connectivity index (χ2v) is 3.92. The van der Waals surface area contributed by atoms with Gasteiger partial charge in [0, 0.05) is 19.5 Å². The number of carbonyl (C=O) groups is 1. The quantitative estimate of drug-likeness (QED) is 0.825. The maximum Gasteiger partial charge on any atom is 0.318 e. The molecule has 0 spiro atoms. The van der Waals surface area contributed by atoms with E-state index in [1.54, 1.807) is 0 Å². The summed E-state index contributed by atoms with van der Waals surface area (Å²) in [4.78, 5) is 12.4. The van der Waals surface area contributed by atoms with Crippen molar-refractivity contribution in [3.8, 4) is 0 Å². The van der Waals surface area contributed by atoms with Crippen LogP contribution in [0, 0.1) is 0 Å². The Morgan fingerprint density at radius 3 is 2.75 bits per heavy atom. The lowest BCUT2D eigenvalue weighted by Gasteiger charge is -2.24. The Balaban J connectivity index is 1.93. The Hall–Kier alpha value is -1.59. The van der Waals surface area contributed by atoms with Crippen LogP contribution >= 0.6 is 0 Å². The Labute approximate surface area is 93.3 Å². The lowest BCUT2D eigenvalue weighted by atomic mass is 10.1. The molecule has 16 heavy (non-hydrogen) atoms. The second kappa shape index (κ2) is 4.96. The van der Waals surface area contributed by atoms with Crippen molar-refractivity contribution in [2.45, 2.75) is 32.1 Å². The van der Waals surface area contributed by atoms with Crippen LogP contribution in [0.15, 0.2) is 4.42 Å². The molecule has 2 heterocycles. The maximum absolute atomic E-state index is 10.4. The van der Waals surface area contributed by atoms with Gasteiger partial charge in [-0.05, 0) is 19.3 Å². The molecule has 0 unspecified atom stereocenters. The van der Waals surface area contributed by atoms with Crippen molar-refractivity contribution in [3.05, 3.63) is 5.89 Å². The largest absolute Gasteiger partial charge is 0.481 e. The van der Waals surface area contributed by atoms with Crippen LogP contribution < -0.4 is 4.90 Å². The van der Waals surface area contributed by atoms with E-state index in [9.17, 15) is 4.79 Å². The predicted octanol–water partition coefficient (Wildman–Crippen LogP) is 1.08. The number of aromatic nitrogens is 2. The van der Waals surface area contributed by atoms with Crippen LogP contribution in [0.25, 0.3) is 0 Å². The summed E-state index contributed by atoms with van der Waals surface area (Å²) < 4.78 is 5.41.